The molecular weight excluding hydrogens is 468 g/mol. The molecule has 33 heavy (non-hydrogen) atoms. The maximum atomic E-state index is 12.9. The van der Waals surface area contributed by atoms with E-state index in [0.29, 0.717) is 27.9 Å². The second-order valence-corrected chi connectivity index (χ2v) is 8.95. The maximum absolute atomic E-state index is 12.9. The van der Waals surface area contributed by atoms with Crippen LogP contribution in [0.25, 0.3) is 11.5 Å². The SMILES string of the molecule is CC1(C)C(=O)Nc2ccccc2N1C(=O)COC(=O)CSc1nnc(-c2ccc(Cl)cc2)o1. The third-order valence-corrected chi connectivity index (χ3v) is 5.97. The lowest BCUT2D eigenvalue weighted by molar-refractivity contribution is -0.145. The Labute approximate surface area is 198 Å². The molecule has 170 valence electrons. The first-order valence-electron chi connectivity index (χ1n) is 9.87. The predicted molar refractivity (Wildman–Crippen MR) is 123 cm³/mol. The molecule has 2 heterocycles. The molecule has 0 atom stereocenters. The third-order valence-electron chi connectivity index (χ3n) is 4.92. The van der Waals surface area contributed by atoms with Crippen LogP contribution in [0.5, 0.6) is 0 Å². The Morgan fingerprint density at radius 1 is 1.15 bits per heavy atom. The number of nitrogens with one attached hydrogen (secondary N) is 1. The number of carbonyl (C=O) groups excluding carboxylic acids is 3. The summed E-state index contributed by atoms with van der Waals surface area (Å²) in [6.07, 6.45) is 0. The van der Waals surface area contributed by atoms with E-state index in [-0.39, 0.29) is 16.9 Å². The van der Waals surface area contributed by atoms with E-state index in [1.165, 1.54) is 4.90 Å². The number of aromatic nitrogens is 2. The Hall–Kier alpha value is -3.37. The molecule has 0 saturated carbocycles. The van der Waals surface area contributed by atoms with Crippen molar-refractivity contribution in [3.05, 3.63) is 53.6 Å². The van der Waals surface area contributed by atoms with Crippen molar-refractivity contribution in [2.24, 2.45) is 0 Å². The summed E-state index contributed by atoms with van der Waals surface area (Å²) in [5.74, 6) is -1.31. The quantitative estimate of drug-likeness (QED) is 0.413. The third kappa shape index (κ3) is 4.86. The van der Waals surface area contributed by atoms with Gasteiger partial charge in [0.1, 0.15) is 11.3 Å². The monoisotopic (exact) mass is 486 g/mol. The number of ether oxygens (including phenoxy) is 1. The van der Waals surface area contributed by atoms with E-state index in [4.69, 9.17) is 20.8 Å². The molecule has 0 unspecified atom stereocenters. The van der Waals surface area contributed by atoms with Crippen molar-refractivity contribution in [1.82, 2.24) is 10.2 Å². The van der Waals surface area contributed by atoms with Gasteiger partial charge in [0.05, 0.1) is 11.4 Å². The second-order valence-electron chi connectivity index (χ2n) is 7.59. The van der Waals surface area contributed by atoms with Crippen molar-refractivity contribution in [2.75, 3.05) is 22.6 Å². The number of anilines is 2. The van der Waals surface area contributed by atoms with Crippen LogP contribution in [0.3, 0.4) is 0 Å². The summed E-state index contributed by atoms with van der Waals surface area (Å²) in [5.41, 5.74) is 0.609. The maximum Gasteiger partial charge on any atom is 0.316 e. The lowest BCUT2D eigenvalue weighted by Crippen LogP contribution is -2.59. The highest BCUT2D eigenvalue weighted by Crippen LogP contribution is 2.36. The normalized spacial score (nSPS) is 14.4. The van der Waals surface area contributed by atoms with Crippen molar-refractivity contribution in [3.63, 3.8) is 0 Å². The Balaban J connectivity index is 1.34. The van der Waals surface area contributed by atoms with Crippen molar-refractivity contribution in [3.8, 4) is 11.5 Å². The number of halogens is 1. The molecule has 0 radical (unpaired) electrons. The van der Waals surface area contributed by atoms with E-state index in [9.17, 15) is 14.4 Å². The van der Waals surface area contributed by atoms with Gasteiger partial charge in [-0.15, -0.1) is 10.2 Å². The number of nitrogens with zero attached hydrogens (tertiary/aromatic N) is 3. The number of amides is 2. The van der Waals surface area contributed by atoms with E-state index >= 15 is 0 Å². The number of hydrogen-bond acceptors (Lipinski definition) is 8. The first-order valence-corrected chi connectivity index (χ1v) is 11.2. The van der Waals surface area contributed by atoms with E-state index in [2.05, 4.69) is 15.5 Å². The zero-order valence-electron chi connectivity index (χ0n) is 17.7. The summed E-state index contributed by atoms with van der Waals surface area (Å²) in [5, 5.41) is 11.4. The highest BCUT2D eigenvalue weighted by Gasteiger charge is 2.43. The molecule has 0 aliphatic carbocycles. The first-order chi connectivity index (χ1) is 15.8. The molecule has 1 aromatic heterocycles. The summed E-state index contributed by atoms with van der Waals surface area (Å²) in [6, 6.07) is 13.8. The Bertz CT molecular complexity index is 1210. The highest BCUT2D eigenvalue weighted by atomic mass is 35.5. The van der Waals surface area contributed by atoms with Crippen LogP contribution in [0.2, 0.25) is 5.02 Å². The number of esters is 1. The first kappa shape index (κ1) is 22.8. The fourth-order valence-corrected chi connectivity index (χ4v) is 3.93. The molecule has 1 aliphatic heterocycles. The average Bonchev–Trinajstić information content (AvgIpc) is 3.26. The van der Waals surface area contributed by atoms with Crippen molar-refractivity contribution in [1.29, 1.82) is 0 Å². The number of carbonyl (C=O) groups is 3. The van der Waals surface area contributed by atoms with Gasteiger partial charge in [-0.05, 0) is 50.2 Å². The van der Waals surface area contributed by atoms with Crippen molar-refractivity contribution in [2.45, 2.75) is 24.6 Å². The van der Waals surface area contributed by atoms with Crippen LogP contribution in [0.1, 0.15) is 13.8 Å². The highest BCUT2D eigenvalue weighted by molar-refractivity contribution is 7.99. The fraction of sp³-hybridized carbons (Fsp3) is 0.227. The molecule has 0 spiro atoms. The Morgan fingerprint density at radius 3 is 2.64 bits per heavy atom. The molecule has 9 nitrogen and oxygen atoms in total. The van der Waals surface area contributed by atoms with E-state index in [1.54, 1.807) is 62.4 Å². The number of fused-ring (bicyclic) bond motifs is 1. The van der Waals surface area contributed by atoms with Gasteiger partial charge in [0.15, 0.2) is 6.61 Å². The van der Waals surface area contributed by atoms with E-state index in [1.807, 2.05) is 0 Å². The van der Waals surface area contributed by atoms with Gasteiger partial charge in [0.25, 0.3) is 11.1 Å². The molecule has 4 rings (SSSR count). The largest absolute Gasteiger partial charge is 0.455 e. The summed E-state index contributed by atoms with van der Waals surface area (Å²) < 4.78 is 10.7. The van der Waals surface area contributed by atoms with Crippen LogP contribution in [0, 0.1) is 0 Å². The fourth-order valence-electron chi connectivity index (χ4n) is 3.24. The zero-order valence-corrected chi connectivity index (χ0v) is 19.3. The van der Waals surface area contributed by atoms with Crippen LogP contribution >= 0.6 is 23.4 Å². The molecule has 0 saturated heterocycles. The summed E-state index contributed by atoms with van der Waals surface area (Å²) in [4.78, 5) is 38.9. The van der Waals surface area contributed by atoms with Crippen molar-refractivity contribution < 1.29 is 23.5 Å². The summed E-state index contributed by atoms with van der Waals surface area (Å²) in [7, 11) is 0. The minimum Gasteiger partial charge on any atom is -0.455 e. The van der Waals surface area contributed by atoms with Crippen molar-refractivity contribution >= 4 is 52.5 Å². The van der Waals surface area contributed by atoms with E-state index < -0.39 is 24.0 Å². The number of rotatable bonds is 6. The minimum atomic E-state index is -1.14. The molecule has 2 aromatic carbocycles. The van der Waals surface area contributed by atoms with Gasteiger partial charge in [0.2, 0.25) is 11.8 Å². The van der Waals surface area contributed by atoms with Gasteiger partial charge >= 0.3 is 5.97 Å². The number of para-hydroxylation sites is 2. The van der Waals surface area contributed by atoms with Crippen LogP contribution < -0.4 is 10.2 Å². The standard InChI is InChI=1S/C22H19ClN4O5S/c1-22(2)20(30)24-15-5-3-4-6-16(15)27(22)17(28)11-31-18(29)12-33-21-26-25-19(32-21)13-7-9-14(23)10-8-13/h3-10H,11-12H2,1-2H3,(H,24,30). The molecule has 0 bridgehead atoms. The van der Waals surface area contributed by atoms with Crippen LogP contribution in [0.15, 0.2) is 58.2 Å². The molecule has 0 fully saturated rings. The Kier molecular flexibility index (Phi) is 6.39. The molecule has 3 aromatic rings. The van der Waals surface area contributed by atoms with Gasteiger partial charge in [0, 0.05) is 10.6 Å². The van der Waals surface area contributed by atoms with Crippen LogP contribution in [-0.2, 0) is 19.1 Å². The van der Waals surface area contributed by atoms with Gasteiger partial charge in [-0.1, -0.05) is 35.5 Å². The van der Waals surface area contributed by atoms with Gasteiger partial charge in [-0.3, -0.25) is 19.3 Å². The molecule has 2 amide bonds. The predicted octanol–water partition coefficient (Wildman–Crippen LogP) is 3.79. The Morgan fingerprint density at radius 2 is 1.88 bits per heavy atom. The topological polar surface area (TPSA) is 115 Å². The average molecular weight is 487 g/mol. The van der Waals surface area contributed by atoms with Gasteiger partial charge in [-0.25, -0.2) is 0 Å². The molecule has 11 heteroatoms. The zero-order chi connectivity index (χ0) is 23.6. The van der Waals surface area contributed by atoms with Crippen LogP contribution in [0.4, 0.5) is 11.4 Å². The summed E-state index contributed by atoms with van der Waals surface area (Å²) in [6.45, 7) is 2.74. The molecular formula is C22H19ClN4O5S. The number of thioether (sulfide) groups is 1. The van der Waals surface area contributed by atoms with Gasteiger partial charge in [-0.2, -0.15) is 0 Å². The lowest BCUT2D eigenvalue weighted by Gasteiger charge is -2.41. The number of hydrogen-bond donors (Lipinski definition) is 1. The molecule has 1 N–H and O–H groups in total. The second kappa shape index (κ2) is 9.24. The van der Waals surface area contributed by atoms with E-state index in [0.717, 1.165) is 11.8 Å². The molecule has 1 aliphatic rings. The summed E-state index contributed by atoms with van der Waals surface area (Å²) >= 11 is 6.86. The van der Waals surface area contributed by atoms with Crippen LogP contribution in [-0.4, -0.2) is 45.9 Å². The smallest absolute Gasteiger partial charge is 0.316 e. The number of benzene rings is 2. The van der Waals surface area contributed by atoms with Gasteiger partial charge < -0.3 is 14.5 Å². The lowest BCUT2D eigenvalue weighted by atomic mass is 9.96. The minimum absolute atomic E-state index is 0.129.